The first kappa shape index (κ1) is 26.1. The van der Waals surface area contributed by atoms with Gasteiger partial charge in [0.05, 0.1) is 6.10 Å². The highest BCUT2D eigenvalue weighted by Gasteiger charge is 2.56. The molecule has 0 amide bonds. The second-order valence-electron chi connectivity index (χ2n) is 11.9. The Labute approximate surface area is 202 Å². The number of rotatable bonds is 10. The molecule has 1 saturated carbocycles. The van der Waals surface area contributed by atoms with Crippen molar-refractivity contribution in [3.05, 3.63) is 60.7 Å². The molecule has 3 N–H and O–H groups in total. The second-order valence-corrected chi connectivity index (χ2v) is 16.2. The smallest absolute Gasteiger partial charge is 0.261 e. The van der Waals surface area contributed by atoms with E-state index in [0.29, 0.717) is 11.8 Å². The zero-order valence-electron chi connectivity index (χ0n) is 21.7. The van der Waals surface area contributed by atoms with E-state index in [9.17, 15) is 5.11 Å². The Hall–Kier alpha value is -1.46. The maximum Gasteiger partial charge on any atom is 0.261 e. The predicted molar refractivity (Wildman–Crippen MR) is 142 cm³/mol. The van der Waals surface area contributed by atoms with Crippen molar-refractivity contribution in [2.75, 3.05) is 0 Å². The summed E-state index contributed by atoms with van der Waals surface area (Å²) in [5, 5.41) is 13.0. The molecular weight excluding hydrogens is 422 g/mol. The normalized spacial score (nSPS) is 23.1. The van der Waals surface area contributed by atoms with Crippen LogP contribution in [0.3, 0.4) is 0 Å². The van der Waals surface area contributed by atoms with Crippen molar-refractivity contribution < 1.29 is 9.53 Å². The molecule has 0 bridgehead atoms. The summed E-state index contributed by atoms with van der Waals surface area (Å²) in [6.07, 6.45) is 2.38. The van der Waals surface area contributed by atoms with E-state index >= 15 is 0 Å². The highest BCUT2D eigenvalue weighted by Crippen LogP contribution is 2.50. The molecule has 2 unspecified atom stereocenters. The lowest BCUT2D eigenvalue weighted by atomic mass is 9.94. The minimum Gasteiger partial charge on any atom is -0.404 e. The first-order chi connectivity index (χ1) is 15.4. The van der Waals surface area contributed by atoms with Crippen LogP contribution in [0.15, 0.2) is 60.7 Å². The summed E-state index contributed by atoms with van der Waals surface area (Å²) in [5.74, 6) is 0.992. The van der Waals surface area contributed by atoms with Crippen LogP contribution in [0.4, 0.5) is 0 Å². The molecule has 4 atom stereocenters. The quantitative estimate of drug-likeness (QED) is 0.478. The molecule has 0 heterocycles. The molecule has 0 radical (unpaired) electrons. The Morgan fingerprint density at radius 3 is 1.82 bits per heavy atom. The standard InChI is InChI=1S/C29H45NO2Si/c1-21(2)26(31)18-23-19-29(23,30)20-27(22(3)4)32-33(28(5,6)7,24-14-10-8-11-15-24)25-16-12-9-13-17-25/h8-17,21-23,26-27,31H,18-20,30H2,1-7H3/t23-,26?,27?,29-/m1/s1. The van der Waals surface area contributed by atoms with Gasteiger partial charge in [-0.15, -0.1) is 0 Å². The highest BCUT2D eigenvalue weighted by molar-refractivity contribution is 6.99. The summed E-state index contributed by atoms with van der Waals surface area (Å²) >= 11 is 0. The van der Waals surface area contributed by atoms with Gasteiger partial charge in [0.25, 0.3) is 8.32 Å². The molecular formula is C29H45NO2Si. The van der Waals surface area contributed by atoms with Gasteiger partial charge in [0.2, 0.25) is 0 Å². The lowest BCUT2D eigenvalue weighted by Crippen LogP contribution is -2.68. The maximum absolute atomic E-state index is 10.4. The lowest BCUT2D eigenvalue weighted by Gasteiger charge is -2.46. The van der Waals surface area contributed by atoms with Gasteiger partial charge in [-0.25, -0.2) is 0 Å². The van der Waals surface area contributed by atoms with Crippen LogP contribution in [0.1, 0.15) is 67.7 Å². The summed E-state index contributed by atoms with van der Waals surface area (Å²) in [6, 6.07) is 21.7. The van der Waals surface area contributed by atoms with E-state index in [4.69, 9.17) is 10.2 Å². The van der Waals surface area contributed by atoms with Gasteiger partial charge < -0.3 is 15.3 Å². The van der Waals surface area contributed by atoms with Gasteiger partial charge >= 0.3 is 0 Å². The third-order valence-corrected chi connectivity index (χ3v) is 12.7. The van der Waals surface area contributed by atoms with E-state index in [-0.39, 0.29) is 28.7 Å². The van der Waals surface area contributed by atoms with Crippen molar-refractivity contribution in [2.45, 2.75) is 90.5 Å². The lowest BCUT2D eigenvalue weighted by molar-refractivity contribution is 0.0968. The van der Waals surface area contributed by atoms with Crippen molar-refractivity contribution in [1.29, 1.82) is 0 Å². The van der Waals surface area contributed by atoms with Crippen LogP contribution in [-0.4, -0.2) is 31.2 Å². The fourth-order valence-electron chi connectivity index (χ4n) is 5.24. The van der Waals surface area contributed by atoms with E-state index < -0.39 is 8.32 Å². The number of hydrogen-bond donors (Lipinski definition) is 2. The topological polar surface area (TPSA) is 55.5 Å². The van der Waals surface area contributed by atoms with Gasteiger partial charge in [-0.05, 0) is 52.4 Å². The predicted octanol–water partition coefficient (Wildman–Crippen LogP) is 5.10. The number of hydrogen-bond acceptors (Lipinski definition) is 3. The zero-order valence-corrected chi connectivity index (χ0v) is 22.7. The second kappa shape index (κ2) is 10.0. The summed E-state index contributed by atoms with van der Waals surface area (Å²) in [5.41, 5.74) is 6.67. The van der Waals surface area contributed by atoms with E-state index in [0.717, 1.165) is 19.3 Å². The molecule has 1 fully saturated rings. The Balaban J connectivity index is 1.97. The van der Waals surface area contributed by atoms with Crippen LogP contribution in [0.25, 0.3) is 0 Å². The van der Waals surface area contributed by atoms with Gasteiger partial charge in [-0.1, -0.05) is 109 Å². The number of aliphatic hydroxyl groups is 1. The molecule has 1 aliphatic carbocycles. The molecule has 2 aromatic rings. The Morgan fingerprint density at radius 1 is 0.939 bits per heavy atom. The Kier molecular flexibility index (Phi) is 7.95. The molecule has 1 aliphatic rings. The van der Waals surface area contributed by atoms with Crippen LogP contribution < -0.4 is 16.1 Å². The minimum absolute atomic E-state index is 0.0542. The van der Waals surface area contributed by atoms with E-state index in [1.807, 2.05) is 0 Å². The third-order valence-electron chi connectivity index (χ3n) is 7.64. The van der Waals surface area contributed by atoms with Crippen LogP contribution in [-0.2, 0) is 4.43 Å². The summed E-state index contributed by atoms with van der Waals surface area (Å²) in [6.45, 7) is 15.6. The minimum atomic E-state index is -2.62. The number of benzene rings is 2. The number of nitrogens with two attached hydrogens (primary N) is 1. The molecule has 0 spiro atoms. The van der Waals surface area contributed by atoms with Crippen molar-refractivity contribution in [2.24, 2.45) is 23.5 Å². The fourth-order valence-corrected chi connectivity index (χ4v) is 10.1. The average molecular weight is 468 g/mol. The maximum atomic E-state index is 10.4. The number of aliphatic hydroxyl groups excluding tert-OH is 1. The fraction of sp³-hybridized carbons (Fsp3) is 0.586. The van der Waals surface area contributed by atoms with Gasteiger partial charge in [0, 0.05) is 11.6 Å². The molecule has 0 saturated heterocycles. The van der Waals surface area contributed by atoms with Crippen LogP contribution in [0.5, 0.6) is 0 Å². The molecule has 0 aliphatic heterocycles. The Morgan fingerprint density at radius 2 is 1.42 bits per heavy atom. The molecule has 0 aromatic heterocycles. The molecule has 33 heavy (non-hydrogen) atoms. The third kappa shape index (κ3) is 5.62. The molecule has 182 valence electrons. The SMILES string of the molecule is CC(C)C(O)C[C@@H]1C[C@@]1(N)CC(O[Si](c1ccccc1)(c1ccccc1)C(C)(C)C)C(C)C. The van der Waals surface area contributed by atoms with Crippen LogP contribution in [0, 0.1) is 17.8 Å². The largest absolute Gasteiger partial charge is 0.404 e. The summed E-state index contributed by atoms with van der Waals surface area (Å²) < 4.78 is 7.45. The zero-order chi connectivity index (χ0) is 24.4. The first-order valence-corrected chi connectivity index (χ1v) is 14.6. The van der Waals surface area contributed by atoms with E-state index in [1.165, 1.54) is 10.4 Å². The Bertz CT molecular complexity index is 838. The van der Waals surface area contributed by atoms with Crippen molar-refractivity contribution in [3.8, 4) is 0 Å². The van der Waals surface area contributed by atoms with Crippen LogP contribution >= 0.6 is 0 Å². The van der Waals surface area contributed by atoms with Gasteiger partial charge in [0.1, 0.15) is 0 Å². The van der Waals surface area contributed by atoms with Gasteiger partial charge in [-0.3, -0.25) is 0 Å². The van der Waals surface area contributed by atoms with E-state index in [1.54, 1.807) is 0 Å². The van der Waals surface area contributed by atoms with Crippen LogP contribution in [0.2, 0.25) is 5.04 Å². The van der Waals surface area contributed by atoms with Crippen molar-refractivity contribution in [3.63, 3.8) is 0 Å². The molecule has 3 nitrogen and oxygen atoms in total. The van der Waals surface area contributed by atoms with Gasteiger partial charge in [0.15, 0.2) is 0 Å². The van der Waals surface area contributed by atoms with Gasteiger partial charge in [-0.2, -0.15) is 0 Å². The molecule has 4 heteroatoms. The first-order valence-electron chi connectivity index (χ1n) is 12.7. The monoisotopic (exact) mass is 467 g/mol. The molecule has 2 aromatic carbocycles. The van der Waals surface area contributed by atoms with Crippen molar-refractivity contribution in [1.82, 2.24) is 0 Å². The summed E-state index contributed by atoms with van der Waals surface area (Å²) in [7, 11) is -2.62. The molecule has 3 rings (SSSR count). The van der Waals surface area contributed by atoms with E-state index in [2.05, 4.69) is 109 Å². The average Bonchev–Trinajstić information content (AvgIpc) is 3.39. The van der Waals surface area contributed by atoms with Crippen molar-refractivity contribution >= 4 is 18.7 Å². The summed E-state index contributed by atoms with van der Waals surface area (Å²) in [4.78, 5) is 0. The highest BCUT2D eigenvalue weighted by atomic mass is 28.4.